The molecular weight excluding hydrogens is 200 g/mol. The third-order valence-electron chi connectivity index (χ3n) is 3.70. The molecule has 2 saturated carbocycles. The lowest BCUT2D eigenvalue weighted by Crippen LogP contribution is -2.26. The number of aryl methyl sites for hydroxylation is 1. The molecule has 2 aliphatic rings. The van der Waals surface area contributed by atoms with Gasteiger partial charge in [-0.1, -0.05) is 6.42 Å². The summed E-state index contributed by atoms with van der Waals surface area (Å²) in [5.74, 6) is 0.658. The first-order valence-corrected chi connectivity index (χ1v) is 6.33. The van der Waals surface area contributed by atoms with Crippen molar-refractivity contribution >= 4 is 0 Å². The Balaban J connectivity index is 1.77. The normalized spacial score (nSPS) is 21.3. The Bertz CT molecular complexity index is 384. The first kappa shape index (κ1) is 10.1. The van der Waals surface area contributed by atoms with E-state index in [1.54, 1.807) is 0 Å². The van der Waals surface area contributed by atoms with Crippen LogP contribution in [-0.2, 0) is 0 Å². The van der Waals surface area contributed by atoms with Crippen molar-refractivity contribution in [2.75, 3.05) is 0 Å². The first-order chi connectivity index (χ1) is 7.81. The van der Waals surface area contributed by atoms with E-state index < -0.39 is 0 Å². The Hall–Kier alpha value is -1.12. The molecule has 0 saturated heterocycles. The lowest BCUT2D eigenvalue weighted by molar-refractivity contribution is 0.107. The Morgan fingerprint density at radius 2 is 1.88 bits per heavy atom. The highest BCUT2D eigenvalue weighted by atomic mass is 16.5. The molecule has 0 aromatic carbocycles. The van der Waals surface area contributed by atoms with Gasteiger partial charge in [-0.05, 0) is 45.1 Å². The van der Waals surface area contributed by atoms with E-state index in [1.165, 1.54) is 31.4 Å². The number of rotatable bonds is 3. The van der Waals surface area contributed by atoms with Crippen molar-refractivity contribution in [2.24, 2.45) is 0 Å². The topological polar surface area (TPSA) is 35.0 Å². The van der Waals surface area contributed by atoms with E-state index in [-0.39, 0.29) is 0 Å². The molecule has 3 rings (SSSR count). The van der Waals surface area contributed by atoms with Crippen LogP contribution in [0, 0.1) is 6.92 Å². The summed E-state index contributed by atoms with van der Waals surface area (Å²) in [6.07, 6.45) is 7.87. The third-order valence-corrected chi connectivity index (χ3v) is 3.70. The van der Waals surface area contributed by atoms with Crippen LogP contribution in [0.4, 0.5) is 0 Å². The van der Waals surface area contributed by atoms with Gasteiger partial charge in [-0.3, -0.25) is 0 Å². The zero-order chi connectivity index (χ0) is 11.0. The van der Waals surface area contributed by atoms with E-state index in [1.807, 2.05) is 6.92 Å². The Labute approximate surface area is 96.3 Å². The molecule has 0 radical (unpaired) electrons. The number of hydrogen-bond acceptors (Lipinski definition) is 3. The van der Waals surface area contributed by atoms with Gasteiger partial charge in [-0.2, -0.15) is 4.98 Å². The minimum absolute atomic E-state index is 0.371. The molecule has 0 bridgehead atoms. The molecule has 1 heterocycles. The Kier molecular flexibility index (Phi) is 2.54. The van der Waals surface area contributed by atoms with Gasteiger partial charge in [0.2, 0.25) is 0 Å². The van der Waals surface area contributed by atoms with E-state index in [0.29, 0.717) is 18.0 Å². The molecule has 0 spiro atoms. The number of ether oxygens (including phenoxy) is 1. The van der Waals surface area contributed by atoms with Crippen LogP contribution < -0.4 is 4.74 Å². The number of hydrogen-bond donors (Lipinski definition) is 0. The maximum absolute atomic E-state index is 5.77. The summed E-state index contributed by atoms with van der Waals surface area (Å²) in [6, 6.07) is 2.71. The lowest BCUT2D eigenvalue weighted by atomic mass is 9.83. The van der Waals surface area contributed by atoms with Gasteiger partial charge >= 0.3 is 6.01 Å². The van der Waals surface area contributed by atoms with Crippen molar-refractivity contribution in [3.8, 4) is 6.01 Å². The SMILES string of the molecule is Cc1cc(C2CCC2)nc(OC2CCC2)n1. The predicted octanol–water partition coefficient (Wildman–Crippen LogP) is 2.98. The standard InChI is InChI=1S/C13H18N2O/c1-9-8-12(10-4-2-5-10)15-13(14-9)16-11-6-3-7-11/h8,10-11H,2-7H2,1H3. The summed E-state index contributed by atoms with van der Waals surface area (Å²) < 4.78 is 5.77. The van der Waals surface area contributed by atoms with Crippen LogP contribution >= 0.6 is 0 Å². The Morgan fingerprint density at radius 3 is 2.44 bits per heavy atom. The molecule has 3 nitrogen and oxygen atoms in total. The van der Waals surface area contributed by atoms with Gasteiger partial charge in [0.1, 0.15) is 6.10 Å². The smallest absolute Gasteiger partial charge is 0.317 e. The van der Waals surface area contributed by atoms with Crippen molar-refractivity contribution in [2.45, 2.75) is 57.5 Å². The van der Waals surface area contributed by atoms with Crippen LogP contribution in [0.1, 0.15) is 55.8 Å². The molecule has 86 valence electrons. The molecule has 0 atom stereocenters. The van der Waals surface area contributed by atoms with Gasteiger partial charge in [-0.25, -0.2) is 4.98 Å². The average molecular weight is 218 g/mol. The fourth-order valence-corrected chi connectivity index (χ4v) is 2.17. The van der Waals surface area contributed by atoms with Crippen molar-refractivity contribution in [1.82, 2.24) is 9.97 Å². The van der Waals surface area contributed by atoms with Crippen molar-refractivity contribution in [3.05, 3.63) is 17.5 Å². The second kappa shape index (κ2) is 4.04. The highest BCUT2D eigenvalue weighted by molar-refractivity contribution is 5.18. The summed E-state index contributed by atoms with van der Waals surface area (Å²) in [4.78, 5) is 8.91. The van der Waals surface area contributed by atoms with E-state index in [0.717, 1.165) is 18.5 Å². The first-order valence-electron chi connectivity index (χ1n) is 6.33. The molecule has 3 heteroatoms. The molecule has 0 amide bonds. The molecule has 1 aromatic heterocycles. The van der Waals surface area contributed by atoms with E-state index in [4.69, 9.17) is 4.74 Å². The monoisotopic (exact) mass is 218 g/mol. The maximum atomic E-state index is 5.77. The summed E-state index contributed by atoms with van der Waals surface area (Å²) in [5.41, 5.74) is 2.22. The van der Waals surface area contributed by atoms with Crippen molar-refractivity contribution < 1.29 is 4.74 Å². The fraction of sp³-hybridized carbons (Fsp3) is 0.692. The van der Waals surface area contributed by atoms with Gasteiger partial charge in [0.15, 0.2) is 0 Å². The predicted molar refractivity (Wildman–Crippen MR) is 61.6 cm³/mol. The summed E-state index contributed by atoms with van der Waals surface area (Å²) in [7, 11) is 0. The van der Waals surface area contributed by atoms with Crippen LogP contribution in [-0.4, -0.2) is 16.1 Å². The van der Waals surface area contributed by atoms with Gasteiger partial charge in [-0.15, -0.1) is 0 Å². The second-order valence-corrected chi connectivity index (χ2v) is 5.02. The zero-order valence-electron chi connectivity index (χ0n) is 9.78. The van der Waals surface area contributed by atoms with Gasteiger partial charge in [0.05, 0.1) is 5.69 Å². The number of aromatic nitrogens is 2. The van der Waals surface area contributed by atoms with Crippen LogP contribution in [0.25, 0.3) is 0 Å². The van der Waals surface area contributed by atoms with Gasteiger partial charge in [0, 0.05) is 11.6 Å². The molecular formula is C13H18N2O. The van der Waals surface area contributed by atoms with Crippen LogP contribution in [0.3, 0.4) is 0 Å². The lowest BCUT2D eigenvalue weighted by Gasteiger charge is -2.27. The number of nitrogens with zero attached hydrogens (tertiary/aromatic N) is 2. The molecule has 2 aliphatic carbocycles. The zero-order valence-corrected chi connectivity index (χ0v) is 9.78. The summed E-state index contributed by atoms with van der Waals surface area (Å²) in [5, 5.41) is 0. The molecule has 2 fully saturated rings. The van der Waals surface area contributed by atoms with Crippen LogP contribution in [0.2, 0.25) is 0 Å². The van der Waals surface area contributed by atoms with Gasteiger partial charge < -0.3 is 4.74 Å². The van der Waals surface area contributed by atoms with Crippen LogP contribution in [0.15, 0.2) is 6.07 Å². The second-order valence-electron chi connectivity index (χ2n) is 5.02. The minimum atomic E-state index is 0.371. The average Bonchev–Trinajstić information content (AvgIpc) is 2.07. The van der Waals surface area contributed by atoms with Crippen LogP contribution in [0.5, 0.6) is 6.01 Å². The quantitative estimate of drug-likeness (QED) is 0.782. The van der Waals surface area contributed by atoms with Crippen molar-refractivity contribution in [3.63, 3.8) is 0 Å². The van der Waals surface area contributed by atoms with E-state index in [2.05, 4.69) is 16.0 Å². The fourth-order valence-electron chi connectivity index (χ4n) is 2.17. The van der Waals surface area contributed by atoms with Crippen molar-refractivity contribution in [1.29, 1.82) is 0 Å². The Morgan fingerprint density at radius 1 is 1.12 bits per heavy atom. The largest absolute Gasteiger partial charge is 0.460 e. The molecule has 0 aliphatic heterocycles. The maximum Gasteiger partial charge on any atom is 0.317 e. The van der Waals surface area contributed by atoms with Gasteiger partial charge in [0.25, 0.3) is 0 Å². The van der Waals surface area contributed by atoms with E-state index in [9.17, 15) is 0 Å². The highest BCUT2D eigenvalue weighted by Crippen LogP contribution is 2.36. The summed E-state index contributed by atoms with van der Waals surface area (Å²) >= 11 is 0. The highest BCUT2D eigenvalue weighted by Gasteiger charge is 2.24. The summed E-state index contributed by atoms with van der Waals surface area (Å²) in [6.45, 7) is 2.03. The minimum Gasteiger partial charge on any atom is -0.460 e. The molecule has 1 aromatic rings. The molecule has 16 heavy (non-hydrogen) atoms. The van der Waals surface area contributed by atoms with E-state index >= 15 is 0 Å². The third kappa shape index (κ3) is 1.91. The molecule has 0 N–H and O–H groups in total. The molecule has 0 unspecified atom stereocenters.